The lowest BCUT2D eigenvalue weighted by Gasteiger charge is -2.47. The Balaban J connectivity index is 1.12. The maximum absolute atomic E-state index is 12.2. The maximum Gasteiger partial charge on any atom is 0.187 e. The van der Waals surface area contributed by atoms with Crippen molar-refractivity contribution in [2.75, 3.05) is 79.3 Å². The predicted octanol–water partition coefficient (Wildman–Crippen LogP) is -8.85. The van der Waals surface area contributed by atoms with Crippen molar-refractivity contribution in [2.45, 2.75) is 401 Å². The molecule has 9 rings (SSSR count). The molecule has 0 amide bonds. The van der Waals surface area contributed by atoms with Gasteiger partial charge in [0.05, 0.1) is 79.3 Å². The standard InChI is InChI=1S/C84H146O44/c1-3-5-7-9-11-13-15-17-21-25-83(37-113-75-67(109)59(101)71(47(33-89)121-75)125-79-63(105)55(97)51(93)43(29-85)117-79,38-114-76-68(110)60(102)72(48(34-90)122-76)126-80-64(106)56(98)52(94)44(30-86)118-80)27-41-23-19-20-24-42(41)28-84(26-22-18-16-14-12-10-8-6-4-2,39-115-77-69(111)61(103)73(49(35-91)123-77)127-81-65(107)57(99)53(95)45(31-87)119-81)40-116-78-70(112)62(104)74(50(36-92)124-78)128-82-66(108)58(100)54(96)46(32-88)120-82/h19-20,23-24,43-82,85-112H,3-18,21-22,25-40H2,1-2H3/t43?,44?,45?,46?,47?,48?,49?,50?,51-,52-,53-,54-,55+,56+,57+,58+,59-,60-,61-,62-,63?,64?,65?,66?,67?,68?,69?,70?,71-,72-,73-,74-,75-,76-,77-,78-,79-,80+,81+,82+,83?,84?/m1/s1. The van der Waals surface area contributed by atoms with E-state index in [1.54, 1.807) is 24.3 Å². The smallest absolute Gasteiger partial charge is 0.187 e. The van der Waals surface area contributed by atoms with E-state index in [0.717, 1.165) is 77.0 Å². The Morgan fingerprint density at radius 2 is 0.414 bits per heavy atom. The third-order valence-electron chi connectivity index (χ3n) is 25.9. The third kappa shape index (κ3) is 27.7. The van der Waals surface area contributed by atoms with Gasteiger partial charge in [-0.15, -0.1) is 0 Å². The molecular weight excluding hydrogens is 1710 g/mol. The number of benzene rings is 1. The van der Waals surface area contributed by atoms with E-state index in [9.17, 15) is 143 Å². The van der Waals surface area contributed by atoms with Gasteiger partial charge in [0.2, 0.25) is 0 Å². The molecular formula is C84H146O44. The van der Waals surface area contributed by atoms with E-state index in [1.807, 2.05) is 0 Å². The van der Waals surface area contributed by atoms with Crippen LogP contribution in [0.25, 0.3) is 0 Å². The first-order valence-electron chi connectivity index (χ1n) is 45.2. The Labute approximate surface area is 742 Å². The zero-order chi connectivity index (χ0) is 93.4. The average Bonchev–Trinajstić information content (AvgIpc) is 0.780. The maximum atomic E-state index is 12.2. The SMILES string of the molecule is CCCCCCCCCCCC(CO[C@@H]1OC(CO)[C@@H](O[C@H]2OC(CO)[C@@H](O)[C@H](O)C2O)[C@H](O)C1O)(CO[C@@H]1OC(CO)[C@@H](O[C@@H]2OC(CO)[C@@H](O)[C@H](O)C2O)[C@H](O)C1O)Cc1ccccc1CC(CCCCCCCCCCC)(CO[C@@H]1OC(CO)[C@@H](O[C@@H]2OC(CO)[C@@H](O)[C@H](O)C2O)[C@H](O)C1O)CO[C@@H]1OC(CO)[C@@H](O[C@@H]2OC(CO)[C@@H](O)[C@H](O)C2O)[C@H](O)C1O. The topological polar surface area (TPSA) is 714 Å². The van der Waals surface area contributed by atoms with Gasteiger partial charge in [0, 0.05) is 10.8 Å². The lowest BCUT2D eigenvalue weighted by atomic mass is 9.73. The Morgan fingerprint density at radius 1 is 0.227 bits per heavy atom. The van der Waals surface area contributed by atoms with Crippen LogP contribution in [0.4, 0.5) is 0 Å². The zero-order valence-electron chi connectivity index (χ0n) is 72.5. The van der Waals surface area contributed by atoms with Crippen LogP contribution in [0.1, 0.15) is 153 Å². The van der Waals surface area contributed by atoms with Crippen molar-refractivity contribution in [3.8, 4) is 0 Å². The minimum atomic E-state index is -2.11. The van der Waals surface area contributed by atoms with Crippen LogP contribution in [0.3, 0.4) is 0 Å². The first kappa shape index (κ1) is 109. The fourth-order valence-corrected chi connectivity index (χ4v) is 17.9. The van der Waals surface area contributed by atoms with Crippen LogP contribution in [0.2, 0.25) is 0 Å². The van der Waals surface area contributed by atoms with Gasteiger partial charge in [0.25, 0.3) is 0 Å². The Bertz CT molecular complexity index is 2850. The van der Waals surface area contributed by atoms with Crippen molar-refractivity contribution in [3.63, 3.8) is 0 Å². The summed E-state index contributed by atoms with van der Waals surface area (Å²) >= 11 is 0. The molecule has 41 atom stereocenters. The van der Waals surface area contributed by atoms with Gasteiger partial charge in [-0.2, -0.15) is 0 Å². The number of hydrogen-bond donors (Lipinski definition) is 28. The fourth-order valence-electron chi connectivity index (χ4n) is 17.9. The fraction of sp³-hybridized carbons (Fsp3) is 0.929. The molecule has 128 heavy (non-hydrogen) atoms. The van der Waals surface area contributed by atoms with Crippen molar-refractivity contribution in [1.29, 1.82) is 0 Å². The summed E-state index contributed by atoms with van der Waals surface area (Å²) in [6, 6.07) is 6.85. The molecule has 44 nitrogen and oxygen atoms in total. The number of ether oxygens (including phenoxy) is 16. The van der Waals surface area contributed by atoms with Crippen LogP contribution in [0.5, 0.6) is 0 Å². The van der Waals surface area contributed by atoms with E-state index in [2.05, 4.69) is 13.8 Å². The number of rotatable bonds is 52. The highest BCUT2D eigenvalue weighted by Gasteiger charge is 2.58. The zero-order valence-corrected chi connectivity index (χ0v) is 72.5. The van der Waals surface area contributed by atoms with Crippen molar-refractivity contribution in [2.24, 2.45) is 10.8 Å². The third-order valence-corrected chi connectivity index (χ3v) is 25.9. The highest BCUT2D eigenvalue weighted by Crippen LogP contribution is 2.43. The molecule has 0 aromatic heterocycles. The van der Waals surface area contributed by atoms with E-state index in [-0.39, 0.29) is 25.7 Å². The van der Waals surface area contributed by atoms with Gasteiger partial charge in [-0.3, -0.25) is 0 Å². The van der Waals surface area contributed by atoms with E-state index >= 15 is 0 Å². The number of unbranched alkanes of at least 4 members (excludes halogenated alkanes) is 16. The molecule has 0 aliphatic carbocycles. The number of aliphatic hydroxyl groups excluding tert-OH is 28. The van der Waals surface area contributed by atoms with E-state index in [4.69, 9.17) is 75.8 Å². The molecule has 746 valence electrons. The molecule has 28 N–H and O–H groups in total. The summed E-state index contributed by atoms with van der Waals surface area (Å²) in [5.41, 5.74) is -2.17. The molecule has 1 aromatic rings. The van der Waals surface area contributed by atoms with Crippen LogP contribution in [-0.2, 0) is 88.6 Å². The molecule has 0 saturated carbocycles. The van der Waals surface area contributed by atoms with Crippen molar-refractivity contribution < 1.29 is 219 Å². The molecule has 8 saturated heterocycles. The summed E-state index contributed by atoms with van der Waals surface area (Å²) in [5, 5.41) is 310. The summed E-state index contributed by atoms with van der Waals surface area (Å²) in [6.07, 6.45) is -60.4. The normalized spacial score (nSPS) is 41.9. The Morgan fingerprint density at radius 3 is 0.617 bits per heavy atom. The largest absolute Gasteiger partial charge is 0.394 e. The van der Waals surface area contributed by atoms with Crippen molar-refractivity contribution >= 4 is 0 Å². The van der Waals surface area contributed by atoms with Crippen LogP contribution < -0.4 is 0 Å². The minimum absolute atomic E-state index is 0.0843. The van der Waals surface area contributed by atoms with Gasteiger partial charge in [0.15, 0.2) is 50.3 Å². The Kier molecular flexibility index (Phi) is 45.1. The molecule has 17 unspecified atom stereocenters. The second-order valence-electron chi connectivity index (χ2n) is 35.5. The second-order valence-corrected chi connectivity index (χ2v) is 35.5. The monoisotopic (exact) mass is 1860 g/mol. The summed E-state index contributed by atoms with van der Waals surface area (Å²) in [7, 11) is 0. The summed E-state index contributed by atoms with van der Waals surface area (Å²) in [6.45, 7) is -5.49. The summed E-state index contributed by atoms with van der Waals surface area (Å²) in [5.74, 6) is 0. The van der Waals surface area contributed by atoms with Crippen LogP contribution in [0.15, 0.2) is 24.3 Å². The molecule has 0 radical (unpaired) electrons. The molecule has 8 fully saturated rings. The van der Waals surface area contributed by atoms with Gasteiger partial charge in [-0.1, -0.05) is 154 Å². The first-order valence-corrected chi connectivity index (χ1v) is 45.2. The molecule has 0 spiro atoms. The Hall–Kier alpha value is -2.54. The highest BCUT2D eigenvalue weighted by atomic mass is 16.8. The van der Waals surface area contributed by atoms with Crippen LogP contribution in [-0.4, -0.2) is 468 Å². The first-order chi connectivity index (χ1) is 61.3. The average molecular weight is 1860 g/mol. The molecule has 8 aliphatic rings. The lowest BCUT2D eigenvalue weighted by molar-refractivity contribution is -0.365. The van der Waals surface area contributed by atoms with Crippen molar-refractivity contribution in [3.05, 3.63) is 35.4 Å². The quantitative estimate of drug-likeness (QED) is 0.0269. The van der Waals surface area contributed by atoms with Crippen molar-refractivity contribution in [1.82, 2.24) is 0 Å². The predicted molar refractivity (Wildman–Crippen MR) is 432 cm³/mol. The summed E-state index contributed by atoms with van der Waals surface area (Å²) in [4.78, 5) is 0. The molecule has 0 bridgehead atoms. The van der Waals surface area contributed by atoms with Gasteiger partial charge in [-0.25, -0.2) is 0 Å². The molecule has 44 heteroatoms. The molecule has 1 aromatic carbocycles. The van der Waals surface area contributed by atoms with E-state index in [0.29, 0.717) is 49.7 Å². The van der Waals surface area contributed by atoms with Gasteiger partial charge >= 0.3 is 0 Å². The van der Waals surface area contributed by atoms with Crippen LogP contribution >= 0.6 is 0 Å². The number of hydrogen-bond acceptors (Lipinski definition) is 44. The van der Waals surface area contributed by atoms with E-state index in [1.165, 1.54) is 0 Å². The second kappa shape index (κ2) is 52.9. The number of aliphatic hydroxyl groups is 28. The lowest BCUT2D eigenvalue weighted by Crippen LogP contribution is -2.65. The van der Waals surface area contributed by atoms with Gasteiger partial charge in [-0.05, 0) is 36.8 Å². The molecule has 8 heterocycles. The highest BCUT2D eigenvalue weighted by molar-refractivity contribution is 5.30. The van der Waals surface area contributed by atoms with E-state index < -0.39 is 336 Å². The minimum Gasteiger partial charge on any atom is -0.394 e. The summed E-state index contributed by atoms with van der Waals surface area (Å²) < 4.78 is 97.4. The van der Waals surface area contributed by atoms with Gasteiger partial charge < -0.3 is 219 Å². The van der Waals surface area contributed by atoms with Crippen LogP contribution in [0, 0.1) is 10.8 Å². The molecule has 8 aliphatic heterocycles. The van der Waals surface area contributed by atoms with Gasteiger partial charge in [0.1, 0.15) is 195 Å².